The van der Waals surface area contributed by atoms with Crippen molar-refractivity contribution in [3.63, 3.8) is 0 Å². The average molecular weight is 250 g/mol. The molecule has 102 valence electrons. The predicted molar refractivity (Wildman–Crippen MR) is 74.6 cm³/mol. The Labute approximate surface area is 109 Å². The Kier molecular flexibility index (Phi) is 2.47. The third-order valence-corrected chi connectivity index (χ3v) is 7.08. The molecule has 1 heterocycles. The van der Waals surface area contributed by atoms with Gasteiger partial charge in [-0.25, -0.2) is 0 Å². The van der Waals surface area contributed by atoms with Crippen LogP contribution in [-0.2, 0) is 6.42 Å². The van der Waals surface area contributed by atoms with Crippen molar-refractivity contribution < 1.29 is 0 Å². The summed E-state index contributed by atoms with van der Waals surface area (Å²) in [6, 6.07) is 1.68. The Hall–Kier alpha value is -0.990. The Bertz CT molecular complexity index is 499. The van der Waals surface area contributed by atoms with Gasteiger partial charge in [-0.15, -0.1) is 0 Å². The number of rotatable bonds is 2. The van der Waals surface area contributed by atoms with Crippen LogP contribution in [0.15, 0.2) is 10.9 Å². The molecule has 3 nitrogen and oxygen atoms in total. The van der Waals surface area contributed by atoms with Crippen LogP contribution in [0.3, 0.4) is 0 Å². The van der Waals surface area contributed by atoms with Crippen molar-refractivity contribution in [3.05, 3.63) is 22.1 Å². The number of aromatic amines is 2. The van der Waals surface area contributed by atoms with Crippen molar-refractivity contribution in [2.45, 2.75) is 54.9 Å². The second-order valence-electron chi connectivity index (χ2n) is 7.67. The van der Waals surface area contributed by atoms with E-state index in [1.807, 2.05) is 0 Å². The highest BCUT2D eigenvalue weighted by Gasteiger charge is 2.73. The molecule has 0 amide bonds. The zero-order chi connectivity index (χ0) is 14.0. The topological polar surface area (TPSA) is 48.6 Å². The summed E-state index contributed by atoms with van der Waals surface area (Å²) >= 11 is 0. The lowest BCUT2D eigenvalue weighted by molar-refractivity contribution is -0.292. The molecule has 0 unspecified atom stereocenters. The van der Waals surface area contributed by atoms with Gasteiger partial charge in [0, 0.05) is 11.8 Å². The van der Waals surface area contributed by atoms with E-state index in [-0.39, 0.29) is 27.2 Å². The number of nitrogens with one attached hydrogen (secondary N) is 2. The molecular formula is C15H26N2O. The zero-order valence-electron chi connectivity index (χ0n) is 12.7. The van der Waals surface area contributed by atoms with Gasteiger partial charge in [0.15, 0.2) is 0 Å². The second-order valence-corrected chi connectivity index (χ2v) is 7.67. The van der Waals surface area contributed by atoms with Crippen LogP contribution in [0, 0.1) is 21.7 Å². The maximum absolute atomic E-state index is 11.2. The molecule has 1 saturated carbocycles. The molecule has 0 aliphatic heterocycles. The highest BCUT2D eigenvalue weighted by atomic mass is 16.1. The highest BCUT2D eigenvalue weighted by Crippen LogP contribution is 2.78. The van der Waals surface area contributed by atoms with E-state index in [1.54, 1.807) is 6.07 Å². The van der Waals surface area contributed by atoms with Crippen LogP contribution in [0.4, 0.5) is 0 Å². The quantitative estimate of drug-likeness (QED) is 0.831. The maximum atomic E-state index is 11.2. The molecule has 2 N–H and O–H groups in total. The summed E-state index contributed by atoms with van der Waals surface area (Å²) in [5, 5.41) is 5.63. The Balaban J connectivity index is 2.40. The van der Waals surface area contributed by atoms with Crippen LogP contribution in [-0.4, -0.2) is 10.2 Å². The molecule has 1 aromatic heterocycles. The molecule has 0 aromatic carbocycles. The molecule has 3 heteroatoms. The summed E-state index contributed by atoms with van der Waals surface area (Å²) in [6.07, 6.45) is 0.912. The molecule has 1 aromatic rings. The third-order valence-electron chi connectivity index (χ3n) is 7.08. The molecule has 18 heavy (non-hydrogen) atoms. The Morgan fingerprint density at radius 2 is 1.39 bits per heavy atom. The molecule has 0 saturated heterocycles. The van der Waals surface area contributed by atoms with Gasteiger partial charge < -0.3 is 5.10 Å². The lowest BCUT2D eigenvalue weighted by Gasteiger charge is -2.77. The first-order chi connectivity index (χ1) is 7.97. The van der Waals surface area contributed by atoms with Gasteiger partial charge in [0.2, 0.25) is 0 Å². The number of hydrogen-bond acceptors (Lipinski definition) is 1. The van der Waals surface area contributed by atoms with Gasteiger partial charge in [0.1, 0.15) is 0 Å². The summed E-state index contributed by atoms with van der Waals surface area (Å²) < 4.78 is 0. The molecule has 1 aliphatic rings. The van der Waals surface area contributed by atoms with Crippen LogP contribution in [0.25, 0.3) is 0 Å². The molecular weight excluding hydrogens is 224 g/mol. The summed E-state index contributed by atoms with van der Waals surface area (Å²) in [5.41, 5.74) is 1.90. The van der Waals surface area contributed by atoms with Crippen molar-refractivity contribution in [3.8, 4) is 0 Å². The predicted octanol–water partition coefficient (Wildman–Crippen LogP) is 3.34. The van der Waals surface area contributed by atoms with E-state index in [0.29, 0.717) is 0 Å². The largest absolute Gasteiger partial charge is 0.302 e. The molecule has 0 spiro atoms. The van der Waals surface area contributed by atoms with E-state index in [2.05, 4.69) is 58.7 Å². The summed E-state index contributed by atoms with van der Waals surface area (Å²) in [4.78, 5) is 11.2. The van der Waals surface area contributed by atoms with Gasteiger partial charge in [-0.2, -0.15) is 0 Å². The first kappa shape index (κ1) is 13.4. The van der Waals surface area contributed by atoms with E-state index < -0.39 is 0 Å². The monoisotopic (exact) mass is 250 g/mol. The van der Waals surface area contributed by atoms with Crippen LogP contribution in [0.2, 0.25) is 0 Å². The van der Waals surface area contributed by atoms with E-state index in [1.165, 1.54) is 0 Å². The summed E-state index contributed by atoms with van der Waals surface area (Å²) in [5.74, 6) is 0. The Morgan fingerprint density at radius 3 is 1.78 bits per heavy atom. The fourth-order valence-electron chi connectivity index (χ4n) is 4.17. The fourth-order valence-corrected chi connectivity index (χ4v) is 4.17. The van der Waals surface area contributed by atoms with Crippen molar-refractivity contribution >= 4 is 0 Å². The third kappa shape index (κ3) is 1.23. The first-order valence-corrected chi connectivity index (χ1v) is 6.74. The normalized spacial score (nSPS) is 26.6. The molecule has 0 bridgehead atoms. The molecule has 2 rings (SSSR count). The molecule has 0 radical (unpaired) electrons. The van der Waals surface area contributed by atoms with E-state index >= 15 is 0 Å². The van der Waals surface area contributed by atoms with E-state index in [0.717, 1.165) is 12.1 Å². The van der Waals surface area contributed by atoms with Crippen LogP contribution >= 0.6 is 0 Å². The van der Waals surface area contributed by atoms with Gasteiger partial charge in [0.25, 0.3) is 5.56 Å². The number of aromatic nitrogens is 2. The summed E-state index contributed by atoms with van der Waals surface area (Å²) in [6.45, 7) is 16.5. The fraction of sp³-hybridized carbons (Fsp3) is 0.800. The molecule has 1 fully saturated rings. The maximum Gasteiger partial charge on any atom is 0.264 e. The lowest BCUT2D eigenvalue weighted by Crippen LogP contribution is -2.72. The second kappa shape index (κ2) is 3.31. The van der Waals surface area contributed by atoms with Crippen molar-refractivity contribution in [2.24, 2.45) is 21.7 Å². The van der Waals surface area contributed by atoms with Crippen molar-refractivity contribution in [2.75, 3.05) is 0 Å². The summed E-state index contributed by atoms with van der Waals surface area (Å²) in [7, 11) is 0. The van der Waals surface area contributed by atoms with Crippen molar-refractivity contribution in [1.82, 2.24) is 10.2 Å². The minimum absolute atomic E-state index is 0.0391. The SMILES string of the molecule is CC1(C)C(C)(C)C(C)(Cc2cc(=O)[nH][nH]2)C1(C)C. The number of H-pyrrole nitrogens is 2. The zero-order valence-corrected chi connectivity index (χ0v) is 12.7. The van der Waals surface area contributed by atoms with Gasteiger partial charge in [0.05, 0.1) is 0 Å². The van der Waals surface area contributed by atoms with E-state index in [4.69, 9.17) is 0 Å². The standard InChI is InChI=1S/C15H26N2O/c1-12(2)13(3,4)15(7,14(12,5)6)9-10-8-11(18)17-16-10/h8H,9H2,1-7H3,(H2,16,17,18). The van der Waals surface area contributed by atoms with Gasteiger partial charge in [-0.3, -0.25) is 9.89 Å². The number of hydrogen-bond donors (Lipinski definition) is 2. The van der Waals surface area contributed by atoms with Crippen LogP contribution in [0.1, 0.15) is 54.2 Å². The minimum atomic E-state index is -0.0391. The minimum Gasteiger partial charge on any atom is -0.302 e. The smallest absolute Gasteiger partial charge is 0.264 e. The molecule has 1 aliphatic carbocycles. The van der Waals surface area contributed by atoms with Gasteiger partial charge in [-0.05, 0) is 28.1 Å². The van der Waals surface area contributed by atoms with Gasteiger partial charge >= 0.3 is 0 Å². The van der Waals surface area contributed by atoms with Crippen molar-refractivity contribution in [1.29, 1.82) is 0 Å². The average Bonchev–Trinajstić information content (AvgIpc) is 2.62. The lowest BCUT2D eigenvalue weighted by atomic mass is 9.27. The first-order valence-electron chi connectivity index (χ1n) is 6.74. The van der Waals surface area contributed by atoms with Crippen LogP contribution in [0.5, 0.6) is 0 Å². The molecule has 0 atom stereocenters. The van der Waals surface area contributed by atoms with Crippen LogP contribution < -0.4 is 5.56 Å². The van der Waals surface area contributed by atoms with Gasteiger partial charge in [-0.1, -0.05) is 48.5 Å². The highest BCUT2D eigenvalue weighted by molar-refractivity contribution is 5.23. The van der Waals surface area contributed by atoms with E-state index in [9.17, 15) is 4.79 Å². The Morgan fingerprint density at radius 1 is 0.889 bits per heavy atom.